The number of fused-ring (bicyclic) bond motifs is 3. The number of hydrogen-bond acceptors (Lipinski definition) is 5. The molecule has 0 saturated heterocycles. The van der Waals surface area contributed by atoms with Gasteiger partial charge in [0.15, 0.2) is 0 Å². The first-order valence-corrected chi connectivity index (χ1v) is 10.5. The lowest BCUT2D eigenvalue weighted by molar-refractivity contribution is -0.149. The molecule has 154 valence electrons. The van der Waals surface area contributed by atoms with Gasteiger partial charge < -0.3 is 14.2 Å². The van der Waals surface area contributed by atoms with Crippen LogP contribution in [0.2, 0.25) is 0 Å². The largest absolute Gasteiger partial charge is 0.493 e. The van der Waals surface area contributed by atoms with E-state index in [0.717, 1.165) is 37.9 Å². The van der Waals surface area contributed by atoms with Crippen LogP contribution in [0.5, 0.6) is 11.5 Å². The van der Waals surface area contributed by atoms with E-state index >= 15 is 0 Å². The van der Waals surface area contributed by atoms with Crippen molar-refractivity contribution >= 4 is 11.9 Å². The molecule has 1 aromatic carbocycles. The molecule has 0 unspecified atom stereocenters. The zero-order valence-electron chi connectivity index (χ0n) is 17.4. The summed E-state index contributed by atoms with van der Waals surface area (Å²) in [6, 6.07) is 5.75. The van der Waals surface area contributed by atoms with E-state index < -0.39 is 0 Å². The summed E-state index contributed by atoms with van der Waals surface area (Å²) in [6.45, 7) is 8.10. The minimum Gasteiger partial charge on any atom is -0.493 e. The van der Waals surface area contributed by atoms with E-state index in [1.807, 2.05) is 12.1 Å². The van der Waals surface area contributed by atoms with Crippen molar-refractivity contribution in [3.8, 4) is 11.5 Å². The topological polar surface area (TPSA) is 61.8 Å². The van der Waals surface area contributed by atoms with Gasteiger partial charge in [0.25, 0.3) is 0 Å². The van der Waals surface area contributed by atoms with Crippen LogP contribution in [-0.4, -0.2) is 24.6 Å². The molecule has 3 rings (SSSR count). The van der Waals surface area contributed by atoms with Crippen LogP contribution in [-0.2, 0) is 14.3 Å². The fraction of sp³-hybridized carbons (Fsp3) is 0.652. The molecule has 1 aromatic rings. The maximum Gasteiger partial charge on any atom is 0.308 e. The average molecular weight is 389 g/mol. The molecule has 5 heteroatoms. The van der Waals surface area contributed by atoms with Gasteiger partial charge >= 0.3 is 11.9 Å². The molecule has 0 aromatic heterocycles. The van der Waals surface area contributed by atoms with Gasteiger partial charge in [-0.05, 0) is 55.1 Å². The zero-order valence-corrected chi connectivity index (χ0v) is 17.4. The lowest BCUT2D eigenvalue weighted by Crippen LogP contribution is -2.33. The fourth-order valence-electron chi connectivity index (χ4n) is 4.79. The van der Waals surface area contributed by atoms with Gasteiger partial charge in [0.05, 0.1) is 6.61 Å². The Morgan fingerprint density at radius 3 is 2.50 bits per heavy atom. The normalized spacial score (nSPS) is 30.2. The highest BCUT2D eigenvalue weighted by molar-refractivity contribution is 5.69. The third kappa shape index (κ3) is 4.86. The second-order valence-electron chi connectivity index (χ2n) is 8.49. The summed E-state index contributed by atoms with van der Waals surface area (Å²) >= 11 is 0. The number of carbonyl (C=O) groups is 2. The highest BCUT2D eigenvalue weighted by Crippen LogP contribution is 2.46. The Morgan fingerprint density at radius 1 is 1.00 bits per heavy atom. The number of esters is 2. The predicted octanol–water partition coefficient (Wildman–Crippen LogP) is 4.87. The molecule has 1 fully saturated rings. The lowest BCUT2D eigenvalue weighted by atomic mass is 9.71. The van der Waals surface area contributed by atoms with Crippen LogP contribution in [0.15, 0.2) is 18.2 Å². The van der Waals surface area contributed by atoms with Gasteiger partial charge in [0.2, 0.25) is 0 Å². The SMILES string of the molecule is CC(=O)Oc1ccc2c(c1)OC[C@H]1[C@@H]2CC[C@H](C)[C@@H](OC(C)=O)CCC[C@@H]1C. The summed E-state index contributed by atoms with van der Waals surface area (Å²) in [5.41, 5.74) is 1.20. The Morgan fingerprint density at radius 2 is 1.79 bits per heavy atom. The van der Waals surface area contributed by atoms with E-state index in [9.17, 15) is 9.59 Å². The van der Waals surface area contributed by atoms with Gasteiger partial charge in [-0.3, -0.25) is 9.59 Å². The Bertz CT molecular complexity index is 713. The van der Waals surface area contributed by atoms with Crippen LogP contribution in [0.3, 0.4) is 0 Å². The van der Waals surface area contributed by atoms with E-state index in [0.29, 0.717) is 36.0 Å². The summed E-state index contributed by atoms with van der Waals surface area (Å²) in [6.07, 6.45) is 5.16. The van der Waals surface area contributed by atoms with Gasteiger partial charge in [-0.25, -0.2) is 0 Å². The van der Waals surface area contributed by atoms with Crippen LogP contribution in [0.25, 0.3) is 0 Å². The van der Waals surface area contributed by atoms with Crippen molar-refractivity contribution in [2.75, 3.05) is 6.61 Å². The Hall–Kier alpha value is -2.04. The molecule has 0 amide bonds. The first kappa shape index (κ1) is 20.7. The molecule has 0 bridgehead atoms. The van der Waals surface area contributed by atoms with Crippen molar-refractivity contribution in [1.82, 2.24) is 0 Å². The average Bonchev–Trinajstić information content (AvgIpc) is 2.63. The number of benzene rings is 1. The molecule has 0 spiro atoms. The molecule has 0 N–H and O–H groups in total. The predicted molar refractivity (Wildman–Crippen MR) is 106 cm³/mol. The van der Waals surface area contributed by atoms with Crippen LogP contribution in [0, 0.1) is 17.8 Å². The fourth-order valence-corrected chi connectivity index (χ4v) is 4.79. The Labute approximate surface area is 167 Å². The number of hydrogen-bond donors (Lipinski definition) is 0. The molecule has 5 nitrogen and oxygen atoms in total. The van der Waals surface area contributed by atoms with Crippen LogP contribution in [0.4, 0.5) is 0 Å². The molecule has 5 atom stereocenters. The summed E-state index contributed by atoms with van der Waals surface area (Å²) in [7, 11) is 0. The Balaban J connectivity index is 1.83. The van der Waals surface area contributed by atoms with Crippen molar-refractivity contribution in [3.05, 3.63) is 23.8 Å². The van der Waals surface area contributed by atoms with Crippen molar-refractivity contribution in [1.29, 1.82) is 0 Å². The van der Waals surface area contributed by atoms with E-state index in [2.05, 4.69) is 19.9 Å². The van der Waals surface area contributed by atoms with Gasteiger partial charge in [-0.15, -0.1) is 0 Å². The second-order valence-corrected chi connectivity index (χ2v) is 8.49. The number of carbonyl (C=O) groups excluding carboxylic acids is 2. The molecule has 1 heterocycles. The third-order valence-corrected chi connectivity index (χ3v) is 6.36. The van der Waals surface area contributed by atoms with Crippen LogP contribution >= 0.6 is 0 Å². The van der Waals surface area contributed by atoms with E-state index in [1.54, 1.807) is 0 Å². The minimum atomic E-state index is -0.328. The number of rotatable bonds is 2. The monoisotopic (exact) mass is 388 g/mol. The van der Waals surface area contributed by atoms with Gasteiger partial charge in [-0.2, -0.15) is 0 Å². The van der Waals surface area contributed by atoms with Crippen LogP contribution in [0.1, 0.15) is 71.3 Å². The van der Waals surface area contributed by atoms with E-state index in [1.165, 1.54) is 19.4 Å². The molecular formula is C23H32O5. The second kappa shape index (κ2) is 8.97. The quantitative estimate of drug-likeness (QED) is 0.534. The molecule has 0 radical (unpaired) electrons. The highest BCUT2D eigenvalue weighted by Gasteiger charge is 2.36. The smallest absolute Gasteiger partial charge is 0.308 e. The Kier molecular flexibility index (Phi) is 6.63. The van der Waals surface area contributed by atoms with Gasteiger partial charge in [0.1, 0.15) is 17.6 Å². The molecule has 1 aliphatic heterocycles. The third-order valence-electron chi connectivity index (χ3n) is 6.36. The molecule has 2 aliphatic rings. The minimum absolute atomic E-state index is 0.00639. The summed E-state index contributed by atoms with van der Waals surface area (Å²) in [4.78, 5) is 22.8. The van der Waals surface area contributed by atoms with Gasteiger partial charge in [0, 0.05) is 25.8 Å². The molecule has 1 saturated carbocycles. The van der Waals surface area contributed by atoms with E-state index in [4.69, 9.17) is 14.2 Å². The van der Waals surface area contributed by atoms with E-state index in [-0.39, 0.29) is 18.0 Å². The zero-order chi connectivity index (χ0) is 20.3. The molecular weight excluding hydrogens is 356 g/mol. The summed E-state index contributed by atoms with van der Waals surface area (Å²) in [5.74, 6) is 2.60. The van der Waals surface area contributed by atoms with Gasteiger partial charge in [-0.1, -0.05) is 26.3 Å². The maximum atomic E-state index is 11.5. The lowest BCUT2D eigenvalue weighted by Gasteiger charge is -2.39. The van der Waals surface area contributed by atoms with Crippen molar-refractivity contribution < 1.29 is 23.8 Å². The standard InChI is InChI=1S/C23H32O5/c1-14-6-5-7-22(28-17(4)25)15(2)8-10-19-20-11-9-18(27-16(3)24)12-23(20)26-13-21(14)19/h9,11-12,14-15,19,21-22H,5-8,10,13H2,1-4H3/t14-,15-,19+,21+,22-/m0/s1. The first-order chi connectivity index (χ1) is 13.3. The summed E-state index contributed by atoms with van der Waals surface area (Å²) in [5, 5.41) is 0. The van der Waals surface area contributed by atoms with Crippen molar-refractivity contribution in [2.24, 2.45) is 17.8 Å². The summed E-state index contributed by atoms with van der Waals surface area (Å²) < 4.78 is 16.9. The first-order valence-electron chi connectivity index (χ1n) is 10.5. The number of ether oxygens (including phenoxy) is 3. The van der Waals surface area contributed by atoms with Crippen molar-refractivity contribution in [3.63, 3.8) is 0 Å². The highest BCUT2D eigenvalue weighted by atomic mass is 16.5. The maximum absolute atomic E-state index is 11.5. The van der Waals surface area contributed by atoms with Crippen LogP contribution < -0.4 is 9.47 Å². The molecule has 1 aliphatic carbocycles. The van der Waals surface area contributed by atoms with Crippen molar-refractivity contribution in [2.45, 2.75) is 71.8 Å². The molecule has 28 heavy (non-hydrogen) atoms.